The molecule has 0 saturated heterocycles. The van der Waals surface area contributed by atoms with E-state index in [1.807, 2.05) is 18.3 Å². The number of pyridine rings is 1. The molecular formula is C42H37N3OSi. The highest BCUT2D eigenvalue weighted by Gasteiger charge is 2.28. The third-order valence-electron chi connectivity index (χ3n) is 9.54. The summed E-state index contributed by atoms with van der Waals surface area (Å²) in [6, 6.07) is 45.4. The predicted octanol–water partition coefficient (Wildman–Crippen LogP) is 8.79. The van der Waals surface area contributed by atoms with Crippen molar-refractivity contribution in [1.82, 2.24) is 9.55 Å². The second-order valence-electron chi connectivity index (χ2n) is 13.9. The van der Waals surface area contributed by atoms with Gasteiger partial charge in [-0.3, -0.25) is 14.1 Å². The molecule has 5 aromatic carbocycles. The van der Waals surface area contributed by atoms with Gasteiger partial charge in [0.15, 0.2) is 0 Å². The van der Waals surface area contributed by atoms with Crippen molar-refractivity contribution in [2.24, 2.45) is 0 Å². The number of hydrogen-bond acceptors (Lipinski definition) is 2. The first kappa shape index (κ1) is 29.2. The average molecular weight is 628 g/mol. The number of fused-ring (bicyclic) bond motifs is 4. The highest BCUT2D eigenvalue weighted by Crippen LogP contribution is 2.30. The topological polar surface area (TPSA) is 34.8 Å². The zero-order chi connectivity index (χ0) is 32.3. The molecule has 0 saturated carbocycles. The number of hydrogen-bond donors (Lipinski definition) is 0. The van der Waals surface area contributed by atoms with Gasteiger partial charge in [-0.1, -0.05) is 129 Å². The summed E-state index contributed by atoms with van der Waals surface area (Å²) in [6.07, 6.45) is 5.66. The Morgan fingerprint density at radius 2 is 1.45 bits per heavy atom. The Labute approximate surface area is 276 Å². The van der Waals surface area contributed by atoms with E-state index in [1.54, 1.807) is 0 Å². The number of furan rings is 1. The van der Waals surface area contributed by atoms with E-state index in [4.69, 9.17) is 9.40 Å². The molecule has 0 N–H and O–H groups in total. The van der Waals surface area contributed by atoms with Gasteiger partial charge in [0.2, 0.25) is 0 Å². The summed E-state index contributed by atoms with van der Waals surface area (Å²) in [5.74, 6) is 0. The van der Waals surface area contributed by atoms with Gasteiger partial charge in [-0.05, 0) is 53.4 Å². The van der Waals surface area contributed by atoms with E-state index in [2.05, 4.69) is 165 Å². The minimum atomic E-state index is -2.09. The third-order valence-corrected chi connectivity index (χ3v) is 13.0. The molecule has 8 rings (SSSR count). The Morgan fingerprint density at radius 3 is 2.32 bits per heavy atom. The molecule has 0 amide bonds. The molecule has 0 unspecified atom stereocenters. The van der Waals surface area contributed by atoms with Crippen LogP contribution in [0.4, 0.5) is 0 Å². The van der Waals surface area contributed by atoms with Crippen LogP contribution in [-0.4, -0.2) is 17.6 Å². The summed E-state index contributed by atoms with van der Waals surface area (Å²) in [4.78, 5) is 4.82. The standard InChI is InChI=1S/C42H37N3OSi/c1-42(2,3)29-23-24-43-36(25-29)35-16-6-8-17-37(35)45-28-44(38-18-9-10-19-39(38)45)30-13-12-14-31(26-30)47(4,5)32-21-22-34-33-15-7-11-20-40(33)46-41(34)27-32/h6-27H,1-5H3. The molecule has 4 nitrogen and oxygen atoms in total. The maximum atomic E-state index is 6.28. The smallest absolute Gasteiger partial charge is 0.269 e. The Morgan fingerprint density at radius 1 is 0.702 bits per heavy atom. The second-order valence-corrected chi connectivity index (χ2v) is 18.3. The summed E-state index contributed by atoms with van der Waals surface area (Å²) in [5, 5.41) is 5.03. The molecule has 0 fully saturated rings. The monoisotopic (exact) mass is 627 g/mol. The molecule has 0 spiro atoms. The minimum Gasteiger partial charge on any atom is -0.456 e. The van der Waals surface area contributed by atoms with E-state index in [9.17, 15) is 0 Å². The van der Waals surface area contributed by atoms with Crippen LogP contribution >= 0.6 is 0 Å². The van der Waals surface area contributed by atoms with Gasteiger partial charge in [0.1, 0.15) is 19.2 Å². The molecule has 0 aliphatic carbocycles. The highest BCUT2D eigenvalue weighted by molar-refractivity contribution is 7.00. The normalized spacial score (nSPS) is 12.4. The molecule has 0 atom stereocenters. The maximum absolute atomic E-state index is 6.28. The zero-order valence-electron chi connectivity index (χ0n) is 27.5. The zero-order valence-corrected chi connectivity index (χ0v) is 28.5. The summed E-state index contributed by atoms with van der Waals surface area (Å²) in [6.45, 7) is 11.6. The van der Waals surface area contributed by atoms with Crippen molar-refractivity contribution in [1.29, 1.82) is 0 Å². The van der Waals surface area contributed by atoms with Crippen LogP contribution in [-0.2, 0) is 5.41 Å². The number of aromatic nitrogens is 3. The Hall–Kier alpha value is -5.26. The third kappa shape index (κ3) is 4.98. The first-order chi connectivity index (χ1) is 22.7. The number of rotatable bonds is 5. The lowest BCUT2D eigenvalue weighted by molar-refractivity contribution is -0.571. The van der Waals surface area contributed by atoms with Crippen molar-refractivity contribution in [3.8, 4) is 22.6 Å². The first-order valence-electron chi connectivity index (χ1n) is 16.2. The van der Waals surface area contributed by atoms with Crippen LogP contribution in [0.1, 0.15) is 26.3 Å². The molecule has 0 radical (unpaired) electrons. The van der Waals surface area contributed by atoms with Crippen LogP contribution in [0.25, 0.3) is 55.6 Å². The van der Waals surface area contributed by atoms with Crippen LogP contribution in [0, 0.1) is 6.33 Å². The SMILES string of the molecule is CC(C)(C)c1ccnc(-c2ccccc2-[n+]2[c-]n(-c3cccc([Si](C)(C)c4ccc5c(c4)oc4ccccc45)c3)c3ccccc32)c1. The van der Waals surface area contributed by atoms with Crippen molar-refractivity contribution in [2.75, 3.05) is 0 Å². The van der Waals surface area contributed by atoms with Gasteiger partial charge in [-0.2, -0.15) is 0 Å². The molecule has 3 aromatic heterocycles. The molecule has 47 heavy (non-hydrogen) atoms. The fraction of sp³-hybridized carbons (Fsp3) is 0.143. The van der Waals surface area contributed by atoms with Crippen LogP contribution in [0.5, 0.6) is 0 Å². The predicted molar refractivity (Wildman–Crippen MR) is 196 cm³/mol. The van der Waals surface area contributed by atoms with Crippen LogP contribution < -0.4 is 14.9 Å². The Bertz CT molecular complexity index is 2440. The molecule has 5 heteroatoms. The number of nitrogens with zero attached hydrogens (tertiary/aromatic N) is 3. The molecule has 8 aromatic rings. The summed E-state index contributed by atoms with van der Waals surface area (Å²) < 4.78 is 10.7. The second kappa shape index (κ2) is 10.9. The van der Waals surface area contributed by atoms with Gasteiger partial charge in [0, 0.05) is 22.5 Å². The van der Waals surface area contributed by atoms with Gasteiger partial charge in [-0.25, -0.2) is 0 Å². The van der Waals surface area contributed by atoms with Gasteiger partial charge < -0.3 is 4.42 Å². The fourth-order valence-corrected chi connectivity index (χ4v) is 9.02. The maximum Gasteiger partial charge on any atom is 0.269 e. The van der Waals surface area contributed by atoms with E-state index in [1.165, 1.54) is 21.3 Å². The fourth-order valence-electron chi connectivity index (χ4n) is 6.68. The Balaban J connectivity index is 1.23. The van der Waals surface area contributed by atoms with Crippen molar-refractivity contribution < 1.29 is 8.98 Å². The minimum absolute atomic E-state index is 0.0296. The number of benzene rings is 5. The summed E-state index contributed by atoms with van der Waals surface area (Å²) >= 11 is 0. The van der Waals surface area contributed by atoms with Crippen molar-refractivity contribution in [3.63, 3.8) is 0 Å². The Kier molecular flexibility index (Phi) is 6.78. The number of imidazole rings is 1. The van der Waals surface area contributed by atoms with E-state index < -0.39 is 8.07 Å². The van der Waals surface area contributed by atoms with Crippen LogP contribution in [0.3, 0.4) is 0 Å². The molecule has 0 bridgehead atoms. The van der Waals surface area contributed by atoms with Gasteiger partial charge in [-0.15, -0.1) is 0 Å². The number of para-hydroxylation sites is 4. The largest absolute Gasteiger partial charge is 0.456 e. The quantitative estimate of drug-likeness (QED) is 0.109. The molecule has 230 valence electrons. The van der Waals surface area contributed by atoms with Crippen molar-refractivity contribution in [2.45, 2.75) is 39.3 Å². The van der Waals surface area contributed by atoms with Crippen LogP contribution in [0.2, 0.25) is 13.1 Å². The van der Waals surface area contributed by atoms with Gasteiger partial charge in [0.25, 0.3) is 6.33 Å². The van der Waals surface area contributed by atoms with Gasteiger partial charge >= 0.3 is 0 Å². The van der Waals surface area contributed by atoms with Crippen LogP contribution in [0.15, 0.2) is 138 Å². The summed E-state index contributed by atoms with van der Waals surface area (Å²) in [5.41, 5.74) is 9.53. The van der Waals surface area contributed by atoms with Crippen molar-refractivity contribution in [3.05, 3.63) is 145 Å². The lowest BCUT2D eigenvalue weighted by Crippen LogP contribution is -2.52. The molecule has 0 aliphatic rings. The summed E-state index contributed by atoms with van der Waals surface area (Å²) in [7, 11) is -2.09. The van der Waals surface area contributed by atoms with E-state index in [-0.39, 0.29) is 5.41 Å². The van der Waals surface area contributed by atoms with E-state index >= 15 is 0 Å². The van der Waals surface area contributed by atoms with Gasteiger partial charge in [0.05, 0.1) is 28.1 Å². The molecule has 0 aliphatic heterocycles. The van der Waals surface area contributed by atoms with E-state index in [0.717, 1.165) is 50.2 Å². The average Bonchev–Trinajstić information content (AvgIpc) is 3.67. The first-order valence-corrected chi connectivity index (χ1v) is 19.2. The lowest BCUT2D eigenvalue weighted by atomic mass is 9.87. The molecule has 3 heterocycles. The highest BCUT2D eigenvalue weighted by atomic mass is 28.3. The lowest BCUT2D eigenvalue weighted by Gasteiger charge is -2.24. The molecular weight excluding hydrogens is 591 g/mol. The van der Waals surface area contributed by atoms with Crippen molar-refractivity contribution >= 4 is 51.4 Å². The van der Waals surface area contributed by atoms with E-state index in [0.29, 0.717) is 0 Å².